The van der Waals surface area contributed by atoms with Gasteiger partial charge in [-0.1, -0.05) is 0 Å². The zero-order valence-electron chi connectivity index (χ0n) is 6.77. The van der Waals surface area contributed by atoms with Gasteiger partial charge < -0.3 is 9.47 Å². The summed E-state index contributed by atoms with van der Waals surface area (Å²) < 4.78 is 12.5. The minimum atomic E-state index is 0.0925. The summed E-state index contributed by atoms with van der Waals surface area (Å²) in [5.74, 6) is 0.818. The third kappa shape index (κ3) is 1.30. The van der Waals surface area contributed by atoms with Gasteiger partial charge in [0.25, 0.3) is 0 Å². The summed E-state index contributed by atoms with van der Waals surface area (Å²) in [6.45, 7) is 5.45. The molecule has 1 aliphatic heterocycles. The molecule has 4 heteroatoms. The monoisotopic (exact) mass is 167 g/mol. The Labute approximate surface area is 71.1 Å². The highest BCUT2D eigenvalue weighted by atomic mass is 16.5. The second-order valence-corrected chi connectivity index (χ2v) is 2.66. The van der Waals surface area contributed by atoms with Crippen LogP contribution in [0.25, 0.3) is 0 Å². The molecule has 0 unspecified atom stereocenters. The fraction of sp³-hybridized carbons (Fsp3) is 0.500. The number of nitrogens with zero attached hydrogens (tertiary/aromatic N) is 2. The molecule has 4 nitrogen and oxygen atoms in total. The first-order chi connectivity index (χ1) is 5.90. The molecule has 0 amide bonds. The molecule has 1 atom stereocenters. The quantitative estimate of drug-likeness (QED) is 0.643. The van der Waals surface area contributed by atoms with Crippen molar-refractivity contribution in [2.24, 2.45) is 0 Å². The van der Waals surface area contributed by atoms with Crippen molar-refractivity contribution in [2.45, 2.75) is 12.6 Å². The molecule has 0 fully saturated rings. The van der Waals surface area contributed by atoms with Crippen LogP contribution in [0, 0.1) is 6.92 Å². The van der Waals surface area contributed by atoms with Crippen LogP contribution < -0.4 is 4.74 Å². The summed E-state index contributed by atoms with van der Waals surface area (Å²) in [6, 6.07) is 1.85. The number of fused-ring (bicyclic) bond motifs is 1. The predicted molar refractivity (Wildman–Crippen MR) is 42.8 cm³/mol. The lowest BCUT2D eigenvalue weighted by Crippen LogP contribution is -2.32. The third-order valence-electron chi connectivity index (χ3n) is 1.82. The standard InChI is InChI=1S/C8H11N2O2/c1-2-11-7-5-10-8(12-6-7)3-4-9-10/h3-4,7H,1-2,5-6H2/t7-/m0/s1. The molecule has 12 heavy (non-hydrogen) atoms. The van der Waals surface area contributed by atoms with Crippen molar-refractivity contribution < 1.29 is 9.47 Å². The number of aromatic nitrogens is 2. The topological polar surface area (TPSA) is 36.3 Å². The Morgan fingerprint density at radius 1 is 1.83 bits per heavy atom. The molecule has 0 aromatic carbocycles. The van der Waals surface area contributed by atoms with Crippen molar-refractivity contribution in [3.63, 3.8) is 0 Å². The van der Waals surface area contributed by atoms with Crippen molar-refractivity contribution in [1.29, 1.82) is 0 Å². The molecule has 2 heterocycles. The summed E-state index contributed by atoms with van der Waals surface area (Å²) >= 11 is 0. The van der Waals surface area contributed by atoms with Crippen molar-refractivity contribution in [2.75, 3.05) is 13.2 Å². The van der Waals surface area contributed by atoms with E-state index < -0.39 is 0 Å². The lowest BCUT2D eigenvalue weighted by Gasteiger charge is -2.23. The highest BCUT2D eigenvalue weighted by molar-refractivity contribution is 5.09. The van der Waals surface area contributed by atoms with Gasteiger partial charge in [-0.25, -0.2) is 4.68 Å². The van der Waals surface area contributed by atoms with E-state index in [0.717, 1.165) is 12.4 Å². The molecular weight excluding hydrogens is 156 g/mol. The van der Waals surface area contributed by atoms with E-state index in [9.17, 15) is 0 Å². The largest absolute Gasteiger partial charge is 0.475 e. The van der Waals surface area contributed by atoms with E-state index in [1.54, 1.807) is 10.9 Å². The molecule has 1 aromatic heterocycles. The SMILES string of the molecule is [CH2]CO[C@@H]1COc2ccnn2C1. The molecule has 0 saturated carbocycles. The van der Waals surface area contributed by atoms with E-state index in [0.29, 0.717) is 13.2 Å². The van der Waals surface area contributed by atoms with Gasteiger partial charge >= 0.3 is 0 Å². The average molecular weight is 167 g/mol. The van der Waals surface area contributed by atoms with Gasteiger partial charge in [0, 0.05) is 12.7 Å². The maximum Gasteiger partial charge on any atom is 0.211 e. The first kappa shape index (κ1) is 7.61. The van der Waals surface area contributed by atoms with Crippen LogP contribution in [0.2, 0.25) is 0 Å². The highest BCUT2D eigenvalue weighted by Crippen LogP contribution is 2.16. The van der Waals surface area contributed by atoms with Crippen LogP contribution in [0.3, 0.4) is 0 Å². The zero-order chi connectivity index (χ0) is 8.39. The molecule has 0 spiro atoms. The fourth-order valence-electron chi connectivity index (χ4n) is 1.27. The van der Waals surface area contributed by atoms with Crippen molar-refractivity contribution in [3.8, 4) is 5.88 Å². The van der Waals surface area contributed by atoms with Crippen molar-refractivity contribution in [1.82, 2.24) is 9.78 Å². The smallest absolute Gasteiger partial charge is 0.211 e. The lowest BCUT2D eigenvalue weighted by atomic mass is 10.3. The normalized spacial score (nSPS) is 21.6. The lowest BCUT2D eigenvalue weighted by molar-refractivity contribution is -0.0000884. The van der Waals surface area contributed by atoms with Crippen LogP contribution in [0.5, 0.6) is 5.88 Å². The molecule has 1 aromatic rings. The second kappa shape index (κ2) is 3.15. The third-order valence-corrected chi connectivity index (χ3v) is 1.82. The van der Waals surface area contributed by atoms with E-state index in [4.69, 9.17) is 9.47 Å². The van der Waals surface area contributed by atoms with E-state index in [-0.39, 0.29) is 6.10 Å². The minimum Gasteiger partial charge on any atom is -0.475 e. The number of rotatable bonds is 2. The number of ether oxygens (including phenoxy) is 2. The maximum absolute atomic E-state index is 5.38. The summed E-state index contributed by atoms with van der Waals surface area (Å²) in [5.41, 5.74) is 0. The Morgan fingerprint density at radius 3 is 3.58 bits per heavy atom. The van der Waals surface area contributed by atoms with Crippen LogP contribution in [0.1, 0.15) is 0 Å². The molecule has 65 valence electrons. The number of hydrogen-bond acceptors (Lipinski definition) is 3. The first-order valence-corrected chi connectivity index (χ1v) is 3.95. The number of hydrogen-bond donors (Lipinski definition) is 0. The highest BCUT2D eigenvalue weighted by Gasteiger charge is 2.19. The molecule has 1 aliphatic rings. The summed E-state index contributed by atoms with van der Waals surface area (Å²) in [5, 5.41) is 4.08. The van der Waals surface area contributed by atoms with Crippen LogP contribution in [-0.2, 0) is 11.3 Å². The Morgan fingerprint density at radius 2 is 2.75 bits per heavy atom. The molecule has 0 aliphatic carbocycles. The molecule has 2 rings (SSSR count). The Hall–Kier alpha value is -1.03. The molecular formula is C8H11N2O2. The van der Waals surface area contributed by atoms with E-state index in [1.165, 1.54) is 0 Å². The van der Waals surface area contributed by atoms with Gasteiger partial charge in [0.15, 0.2) is 0 Å². The van der Waals surface area contributed by atoms with Gasteiger partial charge in [-0.15, -0.1) is 0 Å². The molecule has 1 radical (unpaired) electrons. The Balaban J connectivity index is 2.05. The fourth-order valence-corrected chi connectivity index (χ4v) is 1.27. The van der Waals surface area contributed by atoms with Crippen molar-refractivity contribution >= 4 is 0 Å². The Kier molecular flexibility index (Phi) is 1.99. The van der Waals surface area contributed by atoms with Gasteiger partial charge in [-0.2, -0.15) is 5.10 Å². The Bertz CT molecular complexity index is 259. The van der Waals surface area contributed by atoms with Crippen LogP contribution >= 0.6 is 0 Å². The summed E-state index contributed by atoms with van der Waals surface area (Å²) in [6.07, 6.45) is 1.82. The minimum absolute atomic E-state index is 0.0925. The van der Waals surface area contributed by atoms with Gasteiger partial charge in [0.1, 0.15) is 12.7 Å². The van der Waals surface area contributed by atoms with Crippen molar-refractivity contribution in [3.05, 3.63) is 19.2 Å². The van der Waals surface area contributed by atoms with Gasteiger partial charge in [-0.05, 0) is 6.92 Å². The van der Waals surface area contributed by atoms with Crippen LogP contribution in [0.4, 0.5) is 0 Å². The van der Waals surface area contributed by atoms with E-state index in [2.05, 4.69) is 12.0 Å². The predicted octanol–water partition coefficient (Wildman–Crippen LogP) is 0.495. The molecule has 0 saturated heterocycles. The molecule has 0 bridgehead atoms. The second-order valence-electron chi connectivity index (χ2n) is 2.66. The zero-order valence-corrected chi connectivity index (χ0v) is 6.77. The maximum atomic E-state index is 5.38. The van der Waals surface area contributed by atoms with Gasteiger partial charge in [0.05, 0.1) is 12.7 Å². The molecule has 0 N–H and O–H groups in total. The van der Waals surface area contributed by atoms with Gasteiger partial charge in [-0.3, -0.25) is 0 Å². The van der Waals surface area contributed by atoms with Crippen LogP contribution in [0.15, 0.2) is 12.3 Å². The summed E-state index contributed by atoms with van der Waals surface area (Å²) in [7, 11) is 0. The van der Waals surface area contributed by atoms with Gasteiger partial charge in [0.2, 0.25) is 5.88 Å². The van der Waals surface area contributed by atoms with E-state index >= 15 is 0 Å². The summed E-state index contributed by atoms with van der Waals surface area (Å²) in [4.78, 5) is 0. The average Bonchev–Trinajstić information content (AvgIpc) is 2.51. The first-order valence-electron chi connectivity index (χ1n) is 3.95. The van der Waals surface area contributed by atoms with E-state index in [1.807, 2.05) is 6.07 Å². The van der Waals surface area contributed by atoms with Crippen LogP contribution in [-0.4, -0.2) is 29.1 Å².